The van der Waals surface area contributed by atoms with Crippen LogP contribution in [0.15, 0.2) is 0 Å². The summed E-state index contributed by atoms with van der Waals surface area (Å²) in [5.41, 5.74) is 0. The summed E-state index contributed by atoms with van der Waals surface area (Å²) in [7, 11) is -31.0. The standard InChI is InChI=1S/5Ca.2HO9Si3/c;;;;;2*1-10(8-11(2,3)4)9-12(5,6)7/h;;;;;2*2H/q5*+2;2*-5. The van der Waals surface area contributed by atoms with Crippen LogP contribution in [-0.4, -0.2) is 253 Å². The van der Waals surface area contributed by atoms with Crippen LogP contribution >= 0.6 is 0 Å². The minimum absolute atomic E-state index is 0. The second kappa shape index (κ2) is 23.1. The van der Waals surface area contributed by atoms with Crippen molar-refractivity contribution in [3.05, 3.63) is 0 Å². The molecule has 0 aromatic heterocycles. The molecule has 0 saturated heterocycles. The third-order valence-electron chi connectivity index (χ3n) is 0.841. The maximum atomic E-state index is 10.1. The number of hydrogen-bond donors (Lipinski definition) is 2. The molecule has 144 valence electrons. The van der Waals surface area contributed by atoms with E-state index < -0.39 is 54.5 Å². The molecule has 0 aliphatic heterocycles. The first-order valence-corrected chi connectivity index (χ1v) is 13.6. The second-order valence-corrected chi connectivity index (χ2v) is 11.3. The third kappa shape index (κ3) is 51.4. The summed E-state index contributed by atoms with van der Waals surface area (Å²) in [4.78, 5) is 113. The van der Waals surface area contributed by atoms with E-state index in [2.05, 4.69) is 16.5 Å². The van der Waals surface area contributed by atoms with E-state index in [0.29, 0.717) is 0 Å². The van der Waals surface area contributed by atoms with Crippen molar-refractivity contribution in [2.24, 2.45) is 0 Å². The van der Waals surface area contributed by atoms with Crippen LogP contribution in [0.2, 0.25) is 0 Å². The average molecular weight is 659 g/mol. The third-order valence-corrected chi connectivity index (χ3v) is 7.57. The normalized spacial score (nSPS) is 10.3. The van der Waals surface area contributed by atoms with E-state index in [1.54, 1.807) is 0 Å². The zero-order chi connectivity index (χ0) is 20.0. The van der Waals surface area contributed by atoms with Crippen LogP contribution in [-0.2, 0) is 25.4 Å². The second-order valence-electron chi connectivity index (χ2n) is 2.96. The van der Waals surface area contributed by atoms with Gasteiger partial charge in [0.15, 0.2) is 18.1 Å². The first-order chi connectivity index (χ1) is 10.2. The van der Waals surface area contributed by atoms with Crippen molar-refractivity contribution in [2.75, 3.05) is 0 Å². The van der Waals surface area contributed by atoms with E-state index in [4.69, 9.17) is 9.59 Å². The molecular weight excluding hydrogens is 657 g/mol. The SMILES string of the molecule is O=[Si](O[Si]([O-])([O-])[O-])O[Si]([O-])([O-])O.O=[Si](O[Si]([O-])([O-])[O-])O[Si]([O-])([O-])O.[Ca+2].[Ca+2].[Ca+2].[Ca+2].[Ca+2]. The Kier molecular flexibility index (Phi) is 41.0. The summed E-state index contributed by atoms with van der Waals surface area (Å²) in [6.07, 6.45) is 0. The van der Waals surface area contributed by atoms with Crippen molar-refractivity contribution in [1.29, 1.82) is 0 Å². The van der Waals surface area contributed by atoms with Gasteiger partial charge in [0.2, 0.25) is 0 Å². The fourth-order valence-corrected chi connectivity index (χ4v) is 4.86. The minimum atomic E-state index is -5.83. The van der Waals surface area contributed by atoms with Gasteiger partial charge in [-0.05, 0) is 0 Å². The fourth-order valence-electron chi connectivity index (χ4n) is 0.456. The zero-order valence-corrected chi connectivity index (χ0v) is 31.0. The molecule has 0 aliphatic rings. The first-order valence-electron chi connectivity index (χ1n) is 4.53. The van der Waals surface area contributed by atoms with Crippen LogP contribution in [0.4, 0.5) is 0 Å². The first kappa shape index (κ1) is 51.5. The Morgan fingerprint density at radius 1 is 0.483 bits per heavy atom. The summed E-state index contributed by atoms with van der Waals surface area (Å²) < 4.78 is 32.7. The Balaban J connectivity index is -0.0000000569. The molecule has 0 radical (unpaired) electrons. The predicted molar refractivity (Wildman–Crippen MR) is 73.4 cm³/mol. The Hall–Kier alpha value is 5.92. The fraction of sp³-hybridized carbons (Fsp3) is 0. The minimum Gasteiger partial charge on any atom is -0.853 e. The van der Waals surface area contributed by atoms with Gasteiger partial charge in [0.1, 0.15) is 0 Å². The van der Waals surface area contributed by atoms with Crippen molar-refractivity contribution >= 4 is 243 Å². The summed E-state index contributed by atoms with van der Waals surface area (Å²) in [6, 6.07) is 0. The average Bonchev–Trinajstić information content (AvgIpc) is 2.02. The molecule has 0 aromatic rings. The molecule has 2 N–H and O–H groups in total. The van der Waals surface area contributed by atoms with E-state index in [1.165, 1.54) is 0 Å². The largest absolute Gasteiger partial charge is 2.00 e. The molecule has 18 nitrogen and oxygen atoms in total. The Morgan fingerprint density at radius 3 is 0.759 bits per heavy atom. The monoisotopic (exact) mass is 658 g/mol. The Morgan fingerprint density at radius 2 is 0.655 bits per heavy atom. The predicted octanol–water partition coefficient (Wildman–Crippen LogP) is -17.7. The van der Waals surface area contributed by atoms with Gasteiger partial charge < -0.3 is 74.0 Å². The van der Waals surface area contributed by atoms with Crippen LogP contribution in [0.5, 0.6) is 0 Å². The van der Waals surface area contributed by atoms with E-state index >= 15 is 0 Å². The molecule has 0 aromatic carbocycles. The van der Waals surface area contributed by atoms with Gasteiger partial charge in [-0.1, -0.05) is 18.1 Å². The molecule has 0 aliphatic carbocycles. The van der Waals surface area contributed by atoms with Crippen LogP contribution in [0.3, 0.4) is 0 Å². The van der Waals surface area contributed by atoms with Crippen molar-refractivity contribution in [3.8, 4) is 0 Å². The van der Waals surface area contributed by atoms with Gasteiger partial charge in [0, 0.05) is 0 Å². The van der Waals surface area contributed by atoms with Gasteiger partial charge in [-0.25, -0.2) is 0 Å². The quantitative estimate of drug-likeness (QED) is 0.228. The number of hydrogen-bond acceptors (Lipinski definition) is 18. The summed E-state index contributed by atoms with van der Waals surface area (Å²) >= 11 is 0. The van der Waals surface area contributed by atoms with Gasteiger partial charge in [-0.15, -0.1) is 0 Å². The topological polar surface area (TPSA) is 342 Å². The Bertz CT molecular complexity index is 342. The Labute approximate surface area is 318 Å². The van der Waals surface area contributed by atoms with Crippen molar-refractivity contribution in [2.45, 2.75) is 0 Å². The van der Waals surface area contributed by atoms with Crippen molar-refractivity contribution in [1.82, 2.24) is 0 Å². The van der Waals surface area contributed by atoms with Crippen molar-refractivity contribution in [3.63, 3.8) is 0 Å². The van der Waals surface area contributed by atoms with Crippen LogP contribution < -0.4 is 48.0 Å². The molecule has 0 fully saturated rings. The molecule has 29 heavy (non-hydrogen) atoms. The van der Waals surface area contributed by atoms with Crippen LogP contribution in [0.1, 0.15) is 0 Å². The maximum absolute atomic E-state index is 10.1. The molecule has 29 heteroatoms. The van der Waals surface area contributed by atoms with E-state index in [0.717, 1.165) is 0 Å². The number of rotatable bonds is 8. The molecule has 0 unspecified atom stereocenters. The van der Waals surface area contributed by atoms with E-state index in [9.17, 15) is 56.9 Å². The molecule has 0 atom stereocenters. The molecule has 0 bridgehead atoms. The van der Waals surface area contributed by atoms with Crippen LogP contribution in [0, 0.1) is 0 Å². The maximum Gasteiger partial charge on any atom is 2.00 e. The summed E-state index contributed by atoms with van der Waals surface area (Å²) in [5, 5.41) is 0. The van der Waals surface area contributed by atoms with Gasteiger partial charge in [-0.2, -0.15) is 0 Å². The molecular formula is H2Ca5O18Si6. The summed E-state index contributed by atoms with van der Waals surface area (Å²) in [6.45, 7) is 0. The molecule has 0 amide bonds. The molecule has 0 saturated carbocycles. The van der Waals surface area contributed by atoms with Gasteiger partial charge in [0.25, 0.3) is 0 Å². The summed E-state index contributed by atoms with van der Waals surface area (Å²) in [5.74, 6) is 0. The van der Waals surface area contributed by atoms with E-state index in [1.807, 2.05) is 0 Å². The van der Waals surface area contributed by atoms with Crippen molar-refractivity contribution < 1.29 is 82.9 Å². The molecule has 0 rings (SSSR count). The van der Waals surface area contributed by atoms with Gasteiger partial charge >= 0.3 is 207 Å². The molecule has 0 heterocycles. The zero-order valence-electron chi connectivity index (χ0n) is 14.0. The van der Waals surface area contributed by atoms with Crippen LogP contribution in [0.25, 0.3) is 0 Å². The van der Waals surface area contributed by atoms with Gasteiger partial charge in [-0.3, -0.25) is 8.92 Å². The smallest absolute Gasteiger partial charge is 0.853 e. The van der Waals surface area contributed by atoms with Gasteiger partial charge in [0.05, 0.1) is 0 Å². The molecule has 0 spiro atoms. The van der Waals surface area contributed by atoms with E-state index in [-0.39, 0.29) is 189 Å².